The molecule has 7 heteroatoms. The summed E-state index contributed by atoms with van der Waals surface area (Å²) in [5.74, 6) is -0.492. The number of anilines is 1. The molecule has 0 bridgehead atoms. The number of aliphatic hydroxyl groups excluding tert-OH is 1. The lowest BCUT2D eigenvalue weighted by Gasteiger charge is -2.25. The molecule has 0 aliphatic heterocycles. The molecule has 3 aromatic rings. The molecule has 180 valence electrons. The molecule has 0 fully saturated rings. The van der Waals surface area contributed by atoms with Gasteiger partial charge in [0, 0.05) is 11.5 Å². The molecule has 0 saturated heterocycles. The van der Waals surface area contributed by atoms with Crippen LogP contribution in [0, 0.1) is 0 Å². The van der Waals surface area contributed by atoms with Gasteiger partial charge in [-0.3, -0.25) is 9.59 Å². The van der Waals surface area contributed by atoms with Crippen LogP contribution in [0.15, 0.2) is 66.7 Å². The van der Waals surface area contributed by atoms with E-state index in [1.807, 2.05) is 45.0 Å². The lowest BCUT2D eigenvalue weighted by Crippen LogP contribution is -2.44. The number of aliphatic hydroxyl groups is 1. The van der Waals surface area contributed by atoms with Crippen molar-refractivity contribution in [3.8, 4) is 0 Å². The minimum Gasteiger partial charge on any atom is -0.378 e. The maximum atomic E-state index is 13.0. The summed E-state index contributed by atoms with van der Waals surface area (Å²) < 4.78 is 1.79. The Kier molecular flexibility index (Phi) is 7.26. The average Bonchev–Trinajstić information content (AvgIpc) is 3.25. The molecule has 0 aliphatic rings. The normalized spacial score (nSPS) is 13.7. The number of rotatable bonds is 7. The zero-order valence-corrected chi connectivity index (χ0v) is 20.7. The van der Waals surface area contributed by atoms with Crippen LogP contribution < -0.4 is 10.6 Å². The molecule has 1 heterocycles. The van der Waals surface area contributed by atoms with Crippen LogP contribution in [-0.4, -0.2) is 32.7 Å². The fraction of sp³-hybridized carbons (Fsp3) is 0.370. The van der Waals surface area contributed by atoms with Gasteiger partial charge in [-0.25, -0.2) is 4.68 Å². The maximum Gasteiger partial charge on any atom is 0.254 e. The van der Waals surface area contributed by atoms with E-state index in [1.165, 1.54) is 0 Å². The summed E-state index contributed by atoms with van der Waals surface area (Å²) in [6.45, 7) is 11.8. The van der Waals surface area contributed by atoms with Gasteiger partial charge in [-0.1, -0.05) is 74.5 Å². The molecule has 2 atom stereocenters. The SMILES string of the molecule is C[C@H](NC(=O)[C@@H](O)c1ccccc1)C(=O)Nc1cc(C(C)(C)c2ccccc2)nn1C(C)(C)C. The van der Waals surface area contributed by atoms with Gasteiger partial charge in [0.1, 0.15) is 11.9 Å². The predicted molar refractivity (Wildman–Crippen MR) is 133 cm³/mol. The first kappa shape index (κ1) is 25.2. The number of benzene rings is 2. The number of carbonyl (C=O) groups is 2. The second kappa shape index (κ2) is 9.81. The first-order chi connectivity index (χ1) is 15.9. The summed E-state index contributed by atoms with van der Waals surface area (Å²) in [4.78, 5) is 25.4. The Labute approximate surface area is 201 Å². The van der Waals surface area contributed by atoms with Gasteiger partial charge >= 0.3 is 0 Å². The highest BCUT2D eigenvalue weighted by Gasteiger charge is 2.31. The van der Waals surface area contributed by atoms with Crippen LogP contribution in [0.5, 0.6) is 0 Å². The van der Waals surface area contributed by atoms with Crippen molar-refractivity contribution in [1.82, 2.24) is 15.1 Å². The third kappa shape index (κ3) is 5.54. The Bertz CT molecular complexity index is 1130. The van der Waals surface area contributed by atoms with Gasteiger partial charge in [0.15, 0.2) is 6.10 Å². The molecule has 0 radical (unpaired) electrons. The number of carbonyl (C=O) groups excluding carboxylic acids is 2. The van der Waals surface area contributed by atoms with E-state index in [1.54, 1.807) is 41.9 Å². The van der Waals surface area contributed by atoms with Crippen molar-refractivity contribution in [1.29, 1.82) is 0 Å². The smallest absolute Gasteiger partial charge is 0.254 e. The summed E-state index contributed by atoms with van der Waals surface area (Å²) >= 11 is 0. The molecule has 7 nitrogen and oxygen atoms in total. The second-order valence-electron chi connectivity index (χ2n) is 10.0. The zero-order valence-electron chi connectivity index (χ0n) is 20.7. The fourth-order valence-corrected chi connectivity index (χ4v) is 3.67. The molecule has 0 unspecified atom stereocenters. The monoisotopic (exact) mass is 462 g/mol. The predicted octanol–water partition coefficient (Wildman–Crippen LogP) is 4.14. The topological polar surface area (TPSA) is 96.2 Å². The third-order valence-electron chi connectivity index (χ3n) is 5.85. The van der Waals surface area contributed by atoms with Gasteiger partial charge in [0.2, 0.25) is 5.91 Å². The summed E-state index contributed by atoms with van der Waals surface area (Å²) in [5.41, 5.74) is 1.63. The van der Waals surface area contributed by atoms with E-state index in [0.29, 0.717) is 11.4 Å². The molecule has 2 amide bonds. The lowest BCUT2D eigenvalue weighted by molar-refractivity contribution is -0.132. The average molecular weight is 463 g/mol. The molecule has 3 rings (SSSR count). The molecule has 1 aromatic heterocycles. The molecular formula is C27H34N4O3. The van der Waals surface area contributed by atoms with E-state index in [4.69, 9.17) is 5.10 Å². The first-order valence-electron chi connectivity index (χ1n) is 11.4. The van der Waals surface area contributed by atoms with Crippen LogP contribution in [-0.2, 0) is 20.5 Å². The van der Waals surface area contributed by atoms with E-state index < -0.39 is 24.0 Å². The Balaban J connectivity index is 1.80. The van der Waals surface area contributed by atoms with E-state index >= 15 is 0 Å². The number of nitrogens with one attached hydrogen (secondary N) is 2. The van der Waals surface area contributed by atoms with Crippen LogP contribution in [0.25, 0.3) is 0 Å². The number of hydrogen-bond acceptors (Lipinski definition) is 4. The van der Waals surface area contributed by atoms with E-state index in [-0.39, 0.29) is 11.0 Å². The molecule has 0 saturated carbocycles. The van der Waals surface area contributed by atoms with E-state index in [9.17, 15) is 14.7 Å². The van der Waals surface area contributed by atoms with Crippen molar-refractivity contribution in [3.05, 3.63) is 83.6 Å². The Morgan fingerprint density at radius 2 is 1.47 bits per heavy atom. The van der Waals surface area contributed by atoms with Crippen LogP contribution in [0.4, 0.5) is 5.82 Å². The summed E-state index contributed by atoms with van der Waals surface area (Å²) in [6, 6.07) is 19.7. The van der Waals surface area contributed by atoms with Gasteiger partial charge in [0.25, 0.3) is 5.91 Å². The van der Waals surface area contributed by atoms with Crippen molar-refractivity contribution in [3.63, 3.8) is 0 Å². The number of hydrogen-bond donors (Lipinski definition) is 3. The van der Waals surface area contributed by atoms with Crippen molar-refractivity contribution >= 4 is 17.6 Å². The van der Waals surface area contributed by atoms with Gasteiger partial charge in [-0.2, -0.15) is 5.10 Å². The second-order valence-corrected chi connectivity index (χ2v) is 10.0. The quantitative estimate of drug-likeness (QED) is 0.492. The molecule has 3 N–H and O–H groups in total. The van der Waals surface area contributed by atoms with Crippen molar-refractivity contribution in [2.24, 2.45) is 0 Å². The minimum atomic E-state index is -1.35. The van der Waals surface area contributed by atoms with Crippen LogP contribution >= 0.6 is 0 Å². The highest BCUT2D eigenvalue weighted by molar-refractivity contribution is 5.97. The van der Waals surface area contributed by atoms with E-state index in [2.05, 4.69) is 36.6 Å². The highest BCUT2D eigenvalue weighted by atomic mass is 16.3. The minimum absolute atomic E-state index is 0.378. The summed E-state index contributed by atoms with van der Waals surface area (Å²) in [7, 11) is 0. The van der Waals surface area contributed by atoms with Crippen LogP contribution in [0.1, 0.15) is 64.5 Å². The molecule has 34 heavy (non-hydrogen) atoms. The van der Waals surface area contributed by atoms with Gasteiger partial charge in [-0.15, -0.1) is 0 Å². The Morgan fingerprint density at radius 3 is 2.03 bits per heavy atom. The fourth-order valence-electron chi connectivity index (χ4n) is 3.67. The molecule has 0 spiro atoms. The van der Waals surface area contributed by atoms with Gasteiger partial charge in [-0.05, 0) is 38.8 Å². The number of nitrogens with zero attached hydrogens (tertiary/aromatic N) is 2. The van der Waals surface area contributed by atoms with Gasteiger partial charge in [0.05, 0.1) is 11.2 Å². The third-order valence-corrected chi connectivity index (χ3v) is 5.85. The summed E-state index contributed by atoms with van der Waals surface area (Å²) in [6.07, 6.45) is -1.35. The summed E-state index contributed by atoms with van der Waals surface area (Å²) in [5, 5.41) is 20.6. The molecule has 0 aliphatic carbocycles. The number of amides is 2. The first-order valence-corrected chi connectivity index (χ1v) is 11.4. The van der Waals surface area contributed by atoms with Crippen LogP contribution in [0.2, 0.25) is 0 Å². The van der Waals surface area contributed by atoms with Crippen molar-refractivity contribution < 1.29 is 14.7 Å². The molecule has 2 aromatic carbocycles. The van der Waals surface area contributed by atoms with Gasteiger partial charge < -0.3 is 15.7 Å². The largest absolute Gasteiger partial charge is 0.378 e. The lowest BCUT2D eigenvalue weighted by atomic mass is 9.82. The zero-order chi connectivity index (χ0) is 25.1. The maximum absolute atomic E-state index is 13.0. The number of aromatic nitrogens is 2. The Hall–Kier alpha value is -3.45. The van der Waals surface area contributed by atoms with E-state index in [0.717, 1.165) is 11.3 Å². The van der Waals surface area contributed by atoms with Crippen LogP contribution in [0.3, 0.4) is 0 Å². The Morgan fingerprint density at radius 1 is 0.912 bits per heavy atom. The van der Waals surface area contributed by atoms with Crippen molar-refractivity contribution in [2.45, 2.75) is 64.6 Å². The van der Waals surface area contributed by atoms with Crippen molar-refractivity contribution in [2.75, 3.05) is 5.32 Å². The standard InChI is InChI=1S/C27H34N4O3/c1-18(28-25(34)23(32)19-13-9-7-10-14-19)24(33)29-22-17-21(30-31(22)26(2,3)4)27(5,6)20-15-11-8-12-16-20/h7-18,23,32H,1-6H3,(H,28,34)(H,29,33)/t18-,23-/m0/s1. The molecular weight excluding hydrogens is 428 g/mol. The highest BCUT2D eigenvalue weighted by Crippen LogP contribution is 2.33.